The molecule has 0 spiro atoms. The van der Waals surface area contributed by atoms with E-state index in [1.807, 2.05) is 45.0 Å². The van der Waals surface area contributed by atoms with Gasteiger partial charge in [-0.05, 0) is 61.5 Å². The predicted octanol–water partition coefficient (Wildman–Crippen LogP) is 10.9. The number of nitriles is 1. The first-order valence-corrected chi connectivity index (χ1v) is 19.4. The number of ether oxygens (including phenoxy) is 1. The Bertz CT molecular complexity index is 1370. The van der Waals surface area contributed by atoms with Crippen LogP contribution in [0.1, 0.15) is 129 Å². The van der Waals surface area contributed by atoms with Gasteiger partial charge in [0, 0.05) is 30.2 Å². The quantitative estimate of drug-likeness (QED) is 0.151. The molecule has 0 aliphatic carbocycles. The van der Waals surface area contributed by atoms with Crippen LogP contribution in [0.15, 0.2) is 36.7 Å². The number of anilines is 1. The zero-order valence-electron chi connectivity index (χ0n) is 32.8. The minimum Gasteiger partial charge on any atom is -0.467 e. The minimum atomic E-state index is -1.02. The molecular formula is C41H64ClF2N5O2. The monoisotopic (exact) mass is 731 g/mol. The lowest BCUT2D eigenvalue weighted by Gasteiger charge is -2.41. The van der Waals surface area contributed by atoms with Crippen LogP contribution in [-0.2, 0) is 17.6 Å². The molecule has 0 radical (unpaired) electrons. The average Bonchev–Trinajstić information content (AvgIpc) is 3.13. The normalized spacial score (nSPS) is 15.8. The van der Waals surface area contributed by atoms with Gasteiger partial charge < -0.3 is 14.5 Å². The Hall–Kier alpha value is -3.25. The molecule has 1 amide bonds. The van der Waals surface area contributed by atoms with Crippen molar-refractivity contribution in [1.29, 1.82) is 5.26 Å². The summed E-state index contributed by atoms with van der Waals surface area (Å²) in [4.78, 5) is 25.2. The number of hydrogen-bond acceptors (Lipinski definition) is 6. The number of nitrogens with zero attached hydrogens (tertiary/aromatic N) is 5. The second-order valence-electron chi connectivity index (χ2n) is 13.5. The average molecular weight is 732 g/mol. The van der Waals surface area contributed by atoms with Crippen molar-refractivity contribution in [3.8, 4) is 12.1 Å². The molecule has 0 saturated carbocycles. The molecule has 2 aromatic rings. The fraction of sp³-hybridized carbons (Fsp3) is 0.659. The van der Waals surface area contributed by atoms with Crippen LogP contribution in [0.2, 0.25) is 5.02 Å². The summed E-state index contributed by atoms with van der Waals surface area (Å²) in [5.41, 5.74) is 3.06. The fourth-order valence-electron chi connectivity index (χ4n) is 6.27. The molecule has 51 heavy (non-hydrogen) atoms. The van der Waals surface area contributed by atoms with Crippen molar-refractivity contribution >= 4 is 23.3 Å². The van der Waals surface area contributed by atoms with Crippen molar-refractivity contribution in [2.45, 2.75) is 138 Å². The van der Waals surface area contributed by atoms with Crippen LogP contribution < -0.4 is 9.64 Å². The number of benzene rings is 1. The summed E-state index contributed by atoms with van der Waals surface area (Å²) in [6, 6.07) is 9.77. The van der Waals surface area contributed by atoms with E-state index < -0.39 is 23.9 Å². The lowest BCUT2D eigenvalue weighted by atomic mass is 9.91. The maximum Gasteiger partial charge on any atom is 0.318 e. The van der Waals surface area contributed by atoms with E-state index in [-0.39, 0.29) is 24.9 Å². The SMILES string of the molecule is C=C(F)C(=O)N1CCN(c2nc(OC)nc(C(C)CCc3ccccc3Cl)c2CCC)CC1CC#N.CC.CCC(F)CC(CC)CCC(C)C. The predicted molar refractivity (Wildman–Crippen MR) is 208 cm³/mol. The maximum absolute atomic E-state index is 13.6. The van der Waals surface area contributed by atoms with Crippen LogP contribution in [0, 0.1) is 23.2 Å². The Morgan fingerprint density at radius 3 is 2.31 bits per heavy atom. The molecular weight excluding hydrogens is 668 g/mol. The van der Waals surface area contributed by atoms with E-state index in [0.717, 1.165) is 72.1 Å². The van der Waals surface area contributed by atoms with Crippen LogP contribution >= 0.6 is 11.6 Å². The van der Waals surface area contributed by atoms with E-state index in [4.69, 9.17) is 26.3 Å². The molecule has 286 valence electrons. The lowest BCUT2D eigenvalue weighted by Crippen LogP contribution is -2.55. The number of hydrogen-bond donors (Lipinski definition) is 0. The third kappa shape index (κ3) is 15.1. The summed E-state index contributed by atoms with van der Waals surface area (Å²) >= 11 is 6.37. The van der Waals surface area contributed by atoms with Crippen molar-refractivity contribution in [3.05, 3.63) is 58.5 Å². The van der Waals surface area contributed by atoms with Gasteiger partial charge in [-0.1, -0.05) is 117 Å². The van der Waals surface area contributed by atoms with E-state index in [0.29, 0.717) is 25.4 Å². The molecule has 3 rings (SSSR count). The van der Waals surface area contributed by atoms with E-state index >= 15 is 0 Å². The van der Waals surface area contributed by atoms with Gasteiger partial charge in [-0.15, -0.1) is 0 Å². The van der Waals surface area contributed by atoms with Crippen LogP contribution in [0.4, 0.5) is 14.6 Å². The molecule has 1 aromatic carbocycles. The molecule has 1 aliphatic heterocycles. The van der Waals surface area contributed by atoms with Gasteiger partial charge in [0.05, 0.1) is 31.3 Å². The Labute approximate surface area is 312 Å². The number of rotatable bonds is 17. The number of aromatic nitrogens is 2. The number of aryl methyl sites for hydroxylation is 1. The van der Waals surface area contributed by atoms with Crippen LogP contribution in [0.25, 0.3) is 0 Å². The molecule has 1 fully saturated rings. The fourth-order valence-corrected chi connectivity index (χ4v) is 6.50. The number of amides is 1. The van der Waals surface area contributed by atoms with Gasteiger partial charge in [-0.3, -0.25) is 4.79 Å². The van der Waals surface area contributed by atoms with Crippen LogP contribution in [0.5, 0.6) is 6.01 Å². The number of halogens is 3. The minimum absolute atomic E-state index is 0.0853. The van der Waals surface area contributed by atoms with Gasteiger partial charge in [0.2, 0.25) is 0 Å². The molecule has 4 atom stereocenters. The Balaban J connectivity index is 0.000000732. The molecule has 4 unspecified atom stereocenters. The first-order chi connectivity index (χ1) is 24.4. The van der Waals surface area contributed by atoms with Crippen LogP contribution in [-0.4, -0.2) is 59.7 Å². The van der Waals surface area contributed by atoms with Gasteiger partial charge in [0.15, 0.2) is 5.83 Å². The number of carbonyl (C=O) groups is 1. The van der Waals surface area contributed by atoms with E-state index in [2.05, 4.69) is 52.2 Å². The summed E-state index contributed by atoms with van der Waals surface area (Å²) in [5, 5.41) is 10.1. The van der Waals surface area contributed by atoms with E-state index in [1.165, 1.54) is 17.7 Å². The highest BCUT2D eigenvalue weighted by atomic mass is 35.5. The molecule has 0 N–H and O–H groups in total. The molecule has 7 nitrogen and oxygen atoms in total. The Morgan fingerprint density at radius 2 is 1.76 bits per heavy atom. The van der Waals surface area contributed by atoms with Crippen LogP contribution in [0.3, 0.4) is 0 Å². The topological polar surface area (TPSA) is 82.3 Å². The van der Waals surface area contributed by atoms with Gasteiger partial charge in [0.25, 0.3) is 5.91 Å². The second-order valence-corrected chi connectivity index (χ2v) is 13.9. The molecule has 1 saturated heterocycles. The highest BCUT2D eigenvalue weighted by Crippen LogP contribution is 2.34. The molecule has 2 heterocycles. The van der Waals surface area contributed by atoms with E-state index in [1.54, 1.807) is 7.11 Å². The first-order valence-electron chi connectivity index (χ1n) is 19.0. The third-order valence-electron chi connectivity index (χ3n) is 9.31. The maximum atomic E-state index is 13.6. The summed E-state index contributed by atoms with van der Waals surface area (Å²) in [7, 11) is 1.54. The number of piperazine rings is 1. The highest BCUT2D eigenvalue weighted by Gasteiger charge is 2.34. The zero-order valence-corrected chi connectivity index (χ0v) is 33.5. The van der Waals surface area contributed by atoms with Crippen molar-refractivity contribution < 1.29 is 18.3 Å². The smallest absolute Gasteiger partial charge is 0.318 e. The number of methoxy groups -OCH3 is 1. The summed E-state index contributed by atoms with van der Waals surface area (Å²) in [6.07, 6.45) is 7.88. The summed E-state index contributed by atoms with van der Waals surface area (Å²) in [6.45, 7) is 21.0. The number of carbonyl (C=O) groups excluding carboxylic acids is 1. The Morgan fingerprint density at radius 1 is 1.08 bits per heavy atom. The van der Waals surface area contributed by atoms with Crippen molar-refractivity contribution in [3.63, 3.8) is 0 Å². The molecule has 10 heteroatoms. The number of alkyl halides is 1. The molecule has 1 aliphatic rings. The van der Waals surface area contributed by atoms with Crippen molar-refractivity contribution in [1.82, 2.24) is 14.9 Å². The van der Waals surface area contributed by atoms with E-state index in [9.17, 15) is 18.8 Å². The summed E-state index contributed by atoms with van der Waals surface area (Å²) < 4.78 is 32.2. The largest absolute Gasteiger partial charge is 0.467 e. The molecule has 1 aromatic heterocycles. The highest BCUT2D eigenvalue weighted by molar-refractivity contribution is 6.31. The van der Waals surface area contributed by atoms with Crippen molar-refractivity contribution in [2.75, 3.05) is 31.6 Å². The molecule has 0 bridgehead atoms. The lowest BCUT2D eigenvalue weighted by molar-refractivity contribution is -0.131. The van der Waals surface area contributed by atoms with Gasteiger partial charge in [-0.2, -0.15) is 15.2 Å². The van der Waals surface area contributed by atoms with Crippen molar-refractivity contribution in [2.24, 2.45) is 11.8 Å². The third-order valence-corrected chi connectivity index (χ3v) is 9.68. The Kier molecular flexibility index (Phi) is 22.3. The van der Waals surface area contributed by atoms with Gasteiger partial charge >= 0.3 is 6.01 Å². The second kappa shape index (κ2) is 24.9. The van der Waals surface area contributed by atoms with Gasteiger partial charge in [0.1, 0.15) is 12.0 Å². The van der Waals surface area contributed by atoms with Gasteiger partial charge in [-0.25, -0.2) is 8.78 Å². The zero-order chi connectivity index (χ0) is 38.5. The standard InChI is InChI=1S/C27H33ClFN5O2.C12H25F.C2H6/c1-5-8-22-24(18(2)11-12-20-9-6-7-10-23(20)28)31-27(36-4)32-25(22)33-15-16-34(26(35)19(3)29)21(17-33)13-14-30;1-5-11(8-7-10(3)4)9-12(13)6-2;1-2/h6-7,9-10,18,21H,3,5,8,11-13,15-17H2,1-2,4H3;10-12H,5-9H2,1-4H3;1-2H3. The summed E-state index contributed by atoms with van der Waals surface area (Å²) in [5.74, 6) is 0.448. The first kappa shape index (κ1) is 45.8.